The molecule has 0 heterocycles. The predicted molar refractivity (Wildman–Crippen MR) is 102 cm³/mol. The fraction of sp³-hybridized carbons (Fsp3) is 0.167. The largest absolute Gasteiger partial charge is 0.326 e. The summed E-state index contributed by atoms with van der Waals surface area (Å²) in [5, 5.41) is 4.32. The van der Waals surface area contributed by atoms with Gasteiger partial charge in [0.05, 0.1) is 0 Å². The van der Waals surface area contributed by atoms with Gasteiger partial charge in [0, 0.05) is 29.1 Å². The van der Waals surface area contributed by atoms with Crippen molar-refractivity contribution in [1.29, 1.82) is 0 Å². The van der Waals surface area contributed by atoms with E-state index in [2.05, 4.69) is 10.0 Å². The van der Waals surface area contributed by atoms with Gasteiger partial charge in [-0.05, 0) is 36.3 Å². The molecule has 0 radical (unpaired) electrons. The molecule has 0 unspecified atom stereocenters. The monoisotopic (exact) mass is 378 g/mol. The molecule has 0 aliphatic heterocycles. The number of carbonyl (C=O) groups excluding carboxylic acids is 1. The minimum atomic E-state index is -3.59. The fourth-order valence-corrected chi connectivity index (χ4v) is 2.98. The van der Waals surface area contributed by atoms with E-state index >= 15 is 0 Å². The van der Waals surface area contributed by atoms with Crippen LogP contribution in [0.25, 0.3) is 6.08 Å². The van der Waals surface area contributed by atoms with Crippen LogP contribution in [0.1, 0.15) is 17.5 Å². The van der Waals surface area contributed by atoms with Crippen molar-refractivity contribution in [2.24, 2.45) is 0 Å². The lowest BCUT2D eigenvalue weighted by molar-refractivity contribution is -0.116. The number of hydrogen-bond donors (Lipinski definition) is 2. The number of aryl methyl sites for hydroxylation is 1. The normalized spacial score (nSPS) is 11.6. The Bertz CT molecular complexity index is 865. The standard InChI is InChI=1S/C18H19ClN2O3S/c1-14-7-8-16(13-17(14)19)21-18(22)9-11-20-25(23,24)12-10-15-5-3-2-4-6-15/h2-8,10,12-13,20H,9,11H2,1H3,(H,21,22). The highest BCUT2D eigenvalue weighted by molar-refractivity contribution is 7.92. The zero-order valence-electron chi connectivity index (χ0n) is 13.7. The summed E-state index contributed by atoms with van der Waals surface area (Å²) in [5.41, 5.74) is 2.27. The van der Waals surface area contributed by atoms with E-state index in [1.165, 1.54) is 6.08 Å². The van der Waals surface area contributed by atoms with Gasteiger partial charge in [-0.15, -0.1) is 0 Å². The van der Waals surface area contributed by atoms with Crippen molar-refractivity contribution < 1.29 is 13.2 Å². The van der Waals surface area contributed by atoms with E-state index in [1.807, 2.05) is 25.1 Å². The van der Waals surface area contributed by atoms with E-state index in [1.54, 1.807) is 30.3 Å². The Morgan fingerprint density at radius 2 is 1.88 bits per heavy atom. The first-order chi connectivity index (χ1) is 11.9. The van der Waals surface area contributed by atoms with Crippen LogP contribution in [-0.2, 0) is 14.8 Å². The molecule has 5 nitrogen and oxygen atoms in total. The molecule has 2 N–H and O–H groups in total. The molecule has 132 valence electrons. The Labute approximate surface area is 152 Å². The van der Waals surface area contributed by atoms with Crippen LogP contribution in [-0.4, -0.2) is 20.9 Å². The van der Waals surface area contributed by atoms with E-state index in [9.17, 15) is 13.2 Å². The lowest BCUT2D eigenvalue weighted by Gasteiger charge is -2.07. The van der Waals surface area contributed by atoms with Gasteiger partial charge in [-0.3, -0.25) is 4.79 Å². The molecular weight excluding hydrogens is 360 g/mol. The Morgan fingerprint density at radius 3 is 2.56 bits per heavy atom. The highest BCUT2D eigenvalue weighted by Crippen LogP contribution is 2.19. The number of anilines is 1. The van der Waals surface area contributed by atoms with Crippen LogP contribution >= 0.6 is 11.6 Å². The molecule has 0 aliphatic carbocycles. The molecule has 1 amide bonds. The molecular formula is C18H19ClN2O3S. The summed E-state index contributed by atoms with van der Waals surface area (Å²) in [5.74, 6) is -0.297. The number of amides is 1. The minimum absolute atomic E-state index is 0.00684. The van der Waals surface area contributed by atoms with Crippen molar-refractivity contribution in [3.05, 3.63) is 70.1 Å². The number of carbonyl (C=O) groups is 1. The molecule has 0 saturated carbocycles. The lowest BCUT2D eigenvalue weighted by Crippen LogP contribution is -2.26. The first kappa shape index (κ1) is 19.2. The molecule has 2 aromatic rings. The molecule has 25 heavy (non-hydrogen) atoms. The molecule has 2 rings (SSSR count). The van der Waals surface area contributed by atoms with Gasteiger partial charge in [-0.2, -0.15) is 0 Å². The summed E-state index contributed by atoms with van der Waals surface area (Å²) in [6.07, 6.45) is 1.51. The zero-order chi connectivity index (χ0) is 18.3. The lowest BCUT2D eigenvalue weighted by atomic mass is 10.2. The molecule has 0 atom stereocenters. The van der Waals surface area contributed by atoms with Gasteiger partial charge in [0.15, 0.2) is 0 Å². The molecule has 0 bridgehead atoms. The Hall–Kier alpha value is -2.15. The zero-order valence-corrected chi connectivity index (χ0v) is 15.3. The van der Waals surface area contributed by atoms with Crippen LogP contribution in [0.4, 0.5) is 5.69 Å². The Balaban J connectivity index is 1.81. The number of hydrogen-bond acceptors (Lipinski definition) is 3. The molecule has 2 aromatic carbocycles. The average Bonchev–Trinajstić information content (AvgIpc) is 2.57. The van der Waals surface area contributed by atoms with Crippen LogP contribution in [0.2, 0.25) is 5.02 Å². The van der Waals surface area contributed by atoms with Crippen LogP contribution in [0.5, 0.6) is 0 Å². The van der Waals surface area contributed by atoms with Crippen molar-refractivity contribution in [3.63, 3.8) is 0 Å². The molecule has 0 fully saturated rings. The van der Waals surface area contributed by atoms with E-state index in [4.69, 9.17) is 11.6 Å². The van der Waals surface area contributed by atoms with Crippen molar-refractivity contribution in [3.8, 4) is 0 Å². The van der Waals surface area contributed by atoms with Crippen molar-refractivity contribution in [2.75, 3.05) is 11.9 Å². The van der Waals surface area contributed by atoms with E-state index in [0.29, 0.717) is 10.7 Å². The first-order valence-corrected chi connectivity index (χ1v) is 9.57. The number of nitrogens with one attached hydrogen (secondary N) is 2. The van der Waals surface area contributed by atoms with Crippen LogP contribution in [0.3, 0.4) is 0 Å². The topological polar surface area (TPSA) is 75.3 Å². The summed E-state index contributed by atoms with van der Waals surface area (Å²) in [6, 6.07) is 14.3. The van der Waals surface area contributed by atoms with Gasteiger partial charge < -0.3 is 5.32 Å². The highest BCUT2D eigenvalue weighted by atomic mass is 35.5. The maximum Gasteiger partial charge on any atom is 0.233 e. The van der Waals surface area contributed by atoms with Gasteiger partial charge in [-0.1, -0.05) is 48.0 Å². The van der Waals surface area contributed by atoms with Gasteiger partial charge in [0.2, 0.25) is 15.9 Å². The van der Waals surface area contributed by atoms with Crippen LogP contribution in [0, 0.1) is 6.92 Å². The third-order valence-corrected chi connectivity index (χ3v) is 4.86. The second-order valence-electron chi connectivity index (χ2n) is 5.41. The number of rotatable bonds is 7. The van der Waals surface area contributed by atoms with Crippen molar-refractivity contribution >= 4 is 39.3 Å². The van der Waals surface area contributed by atoms with Gasteiger partial charge in [0.25, 0.3) is 0 Å². The second kappa shape index (κ2) is 8.80. The third kappa shape index (κ3) is 6.70. The van der Waals surface area contributed by atoms with E-state index in [-0.39, 0.29) is 18.9 Å². The number of benzene rings is 2. The molecule has 0 aliphatic rings. The van der Waals surface area contributed by atoms with Gasteiger partial charge in [0.1, 0.15) is 0 Å². The Morgan fingerprint density at radius 1 is 1.16 bits per heavy atom. The van der Waals surface area contributed by atoms with E-state index in [0.717, 1.165) is 16.5 Å². The highest BCUT2D eigenvalue weighted by Gasteiger charge is 2.08. The van der Waals surface area contributed by atoms with Crippen molar-refractivity contribution in [1.82, 2.24) is 4.72 Å². The molecule has 7 heteroatoms. The quantitative estimate of drug-likeness (QED) is 0.773. The molecule has 0 saturated heterocycles. The summed E-state index contributed by atoms with van der Waals surface area (Å²) >= 11 is 6.00. The number of sulfonamides is 1. The van der Waals surface area contributed by atoms with Gasteiger partial charge in [-0.25, -0.2) is 13.1 Å². The Kier molecular flexibility index (Phi) is 6.75. The fourth-order valence-electron chi connectivity index (χ4n) is 1.98. The SMILES string of the molecule is Cc1ccc(NC(=O)CCNS(=O)(=O)C=Cc2ccccc2)cc1Cl. The predicted octanol–water partition coefficient (Wildman–Crippen LogP) is 3.57. The summed E-state index contributed by atoms with van der Waals surface area (Å²) in [6.45, 7) is 1.87. The first-order valence-electron chi connectivity index (χ1n) is 7.64. The maximum atomic E-state index is 11.9. The molecule has 0 aromatic heterocycles. The molecule has 0 spiro atoms. The second-order valence-corrected chi connectivity index (χ2v) is 7.47. The van der Waals surface area contributed by atoms with Crippen LogP contribution in [0.15, 0.2) is 53.9 Å². The maximum absolute atomic E-state index is 11.9. The third-order valence-electron chi connectivity index (χ3n) is 3.35. The van der Waals surface area contributed by atoms with Crippen LogP contribution < -0.4 is 10.0 Å². The smallest absolute Gasteiger partial charge is 0.233 e. The summed E-state index contributed by atoms with van der Waals surface area (Å²) < 4.78 is 26.1. The number of halogens is 1. The van der Waals surface area contributed by atoms with Gasteiger partial charge >= 0.3 is 0 Å². The van der Waals surface area contributed by atoms with Crippen molar-refractivity contribution in [2.45, 2.75) is 13.3 Å². The summed E-state index contributed by atoms with van der Waals surface area (Å²) in [4.78, 5) is 11.9. The average molecular weight is 379 g/mol. The minimum Gasteiger partial charge on any atom is -0.326 e. The van der Waals surface area contributed by atoms with E-state index < -0.39 is 10.0 Å². The summed E-state index contributed by atoms with van der Waals surface area (Å²) in [7, 11) is -3.59.